The number of aryl methyl sites for hydroxylation is 3. The monoisotopic (exact) mass is 390 g/mol. The third kappa shape index (κ3) is 3.99. The Kier molecular flexibility index (Phi) is 4.82. The van der Waals surface area contributed by atoms with Crippen LogP contribution in [0.4, 0.5) is 11.6 Å². The van der Waals surface area contributed by atoms with Crippen LogP contribution in [0.2, 0.25) is 0 Å². The Bertz CT molecular complexity index is 1050. The molecule has 0 bridgehead atoms. The number of hydrogen-bond acceptors (Lipinski definition) is 5. The average molecular weight is 390 g/mol. The van der Waals surface area contributed by atoms with Crippen molar-refractivity contribution in [2.45, 2.75) is 33.7 Å². The molecule has 4 rings (SSSR count). The molecule has 0 radical (unpaired) electrons. The third-order valence-electron chi connectivity index (χ3n) is 5.18. The maximum Gasteiger partial charge on any atom is 0.272 e. The highest BCUT2D eigenvalue weighted by molar-refractivity contribution is 5.95. The van der Waals surface area contributed by atoms with Crippen molar-refractivity contribution in [3.8, 4) is 11.4 Å². The molecule has 1 amide bonds. The molecule has 0 aliphatic carbocycles. The fourth-order valence-electron chi connectivity index (χ4n) is 3.64. The highest BCUT2D eigenvalue weighted by Gasteiger charge is 2.41. The minimum atomic E-state index is 0.0209. The highest BCUT2D eigenvalue weighted by Crippen LogP contribution is 2.28. The molecule has 1 N–H and O–H groups in total. The molecule has 1 fully saturated rings. The smallest absolute Gasteiger partial charge is 0.272 e. The van der Waals surface area contributed by atoms with Gasteiger partial charge in [0.05, 0.1) is 11.7 Å². The molecular weight excluding hydrogens is 364 g/mol. The first-order valence-corrected chi connectivity index (χ1v) is 9.85. The van der Waals surface area contributed by atoms with E-state index in [0.29, 0.717) is 35.0 Å². The van der Waals surface area contributed by atoms with Crippen molar-refractivity contribution < 1.29 is 4.79 Å². The molecule has 2 aromatic heterocycles. The minimum Gasteiger partial charge on any atom is -0.330 e. The van der Waals surface area contributed by atoms with E-state index in [2.05, 4.69) is 66.3 Å². The summed E-state index contributed by atoms with van der Waals surface area (Å²) in [5, 5.41) is 7.76. The number of rotatable bonds is 5. The van der Waals surface area contributed by atoms with Crippen LogP contribution in [0.25, 0.3) is 11.4 Å². The molecule has 7 heteroatoms. The van der Waals surface area contributed by atoms with Crippen molar-refractivity contribution in [1.29, 1.82) is 0 Å². The maximum absolute atomic E-state index is 12.8. The summed E-state index contributed by atoms with van der Waals surface area (Å²) in [4.78, 5) is 23.6. The highest BCUT2D eigenvalue weighted by atomic mass is 16.2. The first kappa shape index (κ1) is 19.1. The predicted molar refractivity (Wildman–Crippen MR) is 113 cm³/mol. The van der Waals surface area contributed by atoms with Crippen LogP contribution in [0.1, 0.15) is 35.5 Å². The van der Waals surface area contributed by atoms with E-state index in [0.717, 1.165) is 12.2 Å². The van der Waals surface area contributed by atoms with Gasteiger partial charge in [-0.05, 0) is 55.2 Å². The summed E-state index contributed by atoms with van der Waals surface area (Å²) in [6, 6.07) is 10.2. The van der Waals surface area contributed by atoms with Crippen LogP contribution in [0.3, 0.4) is 0 Å². The minimum absolute atomic E-state index is 0.0209. The number of nitrogens with zero attached hydrogens (tertiary/aromatic N) is 5. The van der Waals surface area contributed by atoms with Crippen molar-refractivity contribution in [2.24, 2.45) is 13.0 Å². The molecule has 3 heterocycles. The van der Waals surface area contributed by atoms with E-state index < -0.39 is 0 Å². The van der Waals surface area contributed by atoms with Gasteiger partial charge >= 0.3 is 0 Å². The molecule has 3 aromatic rings. The zero-order chi connectivity index (χ0) is 20.7. The van der Waals surface area contributed by atoms with E-state index in [1.807, 2.05) is 4.90 Å². The molecule has 0 spiro atoms. The average Bonchev–Trinajstić information content (AvgIpc) is 3.36. The second-order valence-corrected chi connectivity index (χ2v) is 8.07. The normalized spacial score (nSPS) is 15.7. The van der Waals surface area contributed by atoms with Crippen LogP contribution in [0.5, 0.6) is 0 Å². The Morgan fingerprint density at radius 1 is 1.14 bits per heavy atom. The zero-order valence-electron chi connectivity index (χ0n) is 17.5. The molecule has 1 atom stereocenters. The summed E-state index contributed by atoms with van der Waals surface area (Å²) in [5.41, 5.74) is 5.19. The number of anilines is 2. The number of amides is 1. The van der Waals surface area contributed by atoms with E-state index in [-0.39, 0.29) is 5.91 Å². The molecule has 0 unspecified atom stereocenters. The Labute approximate surface area is 170 Å². The van der Waals surface area contributed by atoms with Crippen molar-refractivity contribution in [3.05, 3.63) is 53.3 Å². The number of hydrogen-bond donors (Lipinski definition) is 1. The van der Waals surface area contributed by atoms with Gasteiger partial charge in [0.15, 0.2) is 0 Å². The number of aromatic nitrogens is 4. The van der Waals surface area contributed by atoms with Crippen LogP contribution in [-0.2, 0) is 7.05 Å². The zero-order valence-corrected chi connectivity index (χ0v) is 17.5. The summed E-state index contributed by atoms with van der Waals surface area (Å²) in [7, 11) is 1.79. The molecule has 1 aromatic carbocycles. The Balaban J connectivity index is 1.56. The van der Waals surface area contributed by atoms with Gasteiger partial charge in [-0.2, -0.15) is 5.10 Å². The van der Waals surface area contributed by atoms with Crippen LogP contribution in [0, 0.1) is 19.8 Å². The summed E-state index contributed by atoms with van der Waals surface area (Å²) < 4.78 is 1.63. The lowest BCUT2D eigenvalue weighted by atomic mass is 10.1. The molecule has 1 aliphatic rings. The van der Waals surface area contributed by atoms with Crippen LogP contribution < -0.4 is 5.32 Å². The lowest BCUT2D eigenvalue weighted by Crippen LogP contribution is -2.19. The molecule has 7 nitrogen and oxygen atoms in total. The summed E-state index contributed by atoms with van der Waals surface area (Å²) >= 11 is 0. The summed E-state index contributed by atoms with van der Waals surface area (Å²) in [5.74, 6) is 0.983. The predicted octanol–water partition coefficient (Wildman–Crippen LogP) is 3.72. The summed E-state index contributed by atoms with van der Waals surface area (Å²) in [6.07, 6.45) is 1.70. The number of benzene rings is 1. The van der Waals surface area contributed by atoms with Gasteiger partial charge in [-0.15, -0.1) is 0 Å². The van der Waals surface area contributed by atoms with Crippen molar-refractivity contribution in [3.63, 3.8) is 0 Å². The topological polar surface area (TPSA) is 75.7 Å². The Morgan fingerprint density at radius 2 is 1.86 bits per heavy atom. The van der Waals surface area contributed by atoms with Gasteiger partial charge in [-0.3, -0.25) is 9.48 Å². The van der Waals surface area contributed by atoms with Crippen LogP contribution in [0.15, 0.2) is 36.5 Å². The molecule has 0 saturated carbocycles. The molecular formula is C22H26N6O. The first-order valence-electron chi connectivity index (χ1n) is 9.85. The van der Waals surface area contributed by atoms with E-state index in [1.165, 1.54) is 11.1 Å². The van der Waals surface area contributed by atoms with E-state index in [4.69, 9.17) is 0 Å². The molecule has 1 aliphatic heterocycles. The quantitative estimate of drug-likeness (QED) is 0.672. The SMILES string of the molecule is Cc1cc(C)cc(Nc2nccc(-c3cc(C(=O)N4C[C@@H]4C(C)C)n(C)n3)n2)c1. The lowest BCUT2D eigenvalue weighted by Gasteiger charge is -2.07. The van der Waals surface area contributed by atoms with E-state index >= 15 is 0 Å². The van der Waals surface area contributed by atoms with Gasteiger partial charge in [0.2, 0.25) is 5.95 Å². The number of nitrogens with one attached hydrogen (secondary N) is 1. The van der Waals surface area contributed by atoms with Gasteiger partial charge in [0.1, 0.15) is 11.4 Å². The Hall–Kier alpha value is -3.22. The maximum atomic E-state index is 12.8. The largest absolute Gasteiger partial charge is 0.330 e. The Morgan fingerprint density at radius 3 is 2.52 bits per heavy atom. The second-order valence-electron chi connectivity index (χ2n) is 8.07. The van der Waals surface area contributed by atoms with Crippen molar-refractivity contribution >= 4 is 17.5 Å². The molecule has 1 saturated heterocycles. The van der Waals surface area contributed by atoms with Crippen molar-refractivity contribution in [2.75, 3.05) is 11.9 Å². The second kappa shape index (κ2) is 7.31. The van der Waals surface area contributed by atoms with Gasteiger partial charge in [0, 0.05) is 25.5 Å². The number of carbonyl (C=O) groups excluding carboxylic acids is 1. The van der Waals surface area contributed by atoms with Gasteiger partial charge in [0.25, 0.3) is 5.91 Å². The van der Waals surface area contributed by atoms with Gasteiger partial charge in [-0.25, -0.2) is 9.97 Å². The third-order valence-corrected chi connectivity index (χ3v) is 5.18. The molecule has 150 valence electrons. The summed E-state index contributed by atoms with van der Waals surface area (Å²) in [6.45, 7) is 9.20. The van der Waals surface area contributed by atoms with Gasteiger partial charge in [-0.1, -0.05) is 19.9 Å². The van der Waals surface area contributed by atoms with E-state index in [9.17, 15) is 4.79 Å². The fourth-order valence-corrected chi connectivity index (χ4v) is 3.64. The van der Waals surface area contributed by atoms with Crippen LogP contribution in [-0.4, -0.2) is 43.1 Å². The lowest BCUT2D eigenvalue weighted by molar-refractivity contribution is 0.0857. The first-order chi connectivity index (χ1) is 13.8. The van der Waals surface area contributed by atoms with E-state index in [1.54, 1.807) is 30.1 Å². The molecule has 29 heavy (non-hydrogen) atoms. The van der Waals surface area contributed by atoms with Crippen molar-refractivity contribution in [1.82, 2.24) is 24.6 Å². The standard InChI is InChI=1S/C22H26N6O/c1-13(2)20-12-28(20)21(29)19-11-18(26-27(19)5)17-6-7-23-22(25-17)24-16-9-14(3)8-15(4)10-16/h6-11,13,20H,12H2,1-5H3,(H,23,24,25)/t20-,28?/m1/s1. The van der Waals surface area contributed by atoms with Gasteiger partial charge < -0.3 is 10.2 Å². The van der Waals surface area contributed by atoms with Crippen LogP contribution >= 0.6 is 0 Å². The number of carbonyl (C=O) groups is 1. The fraction of sp³-hybridized carbons (Fsp3) is 0.364.